The topological polar surface area (TPSA) is 189 Å². The van der Waals surface area contributed by atoms with Gasteiger partial charge in [-0.05, 0) is 202 Å². The maximum atomic E-state index is 12.8. The number of ketones is 1. The quantitative estimate of drug-likeness (QED) is 0.0123. The van der Waals surface area contributed by atoms with E-state index in [4.69, 9.17) is 9.47 Å². The fraction of sp³-hybridized carbons (Fsp3) is 0.544. The van der Waals surface area contributed by atoms with E-state index in [2.05, 4.69) is 192 Å². The maximum Gasteiger partial charge on any atom is 0.246 e. The Morgan fingerprint density at radius 2 is 0.570 bits per heavy atom. The third-order valence-electron chi connectivity index (χ3n) is 20.7. The molecule has 0 fully saturated rings. The molecular weight excluding hydrogens is 1370 g/mol. The normalized spacial score (nSPS) is 11.6. The van der Waals surface area contributed by atoms with E-state index >= 15 is 0 Å². The molecule has 6 rings (SSSR count). The Balaban J connectivity index is 0.806. The first kappa shape index (κ1) is 89.4. The van der Waals surface area contributed by atoms with Crippen LogP contribution < -0.4 is 37.1 Å². The molecule has 0 atom stereocenters. The number of ether oxygens (including phenoxy) is 2. The fourth-order valence-electron chi connectivity index (χ4n) is 14.5. The number of carbonyl (C=O) groups is 5. The van der Waals surface area contributed by atoms with Crippen molar-refractivity contribution in [3.05, 3.63) is 182 Å². The minimum absolute atomic E-state index is 0.0292. The number of nitrogens with one attached hydrogen (secondary N) is 1. The molecule has 0 radical (unpaired) electrons. The molecule has 107 heavy (non-hydrogen) atoms. The van der Waals surface area contributed by atoms with Gasteiger partial charge in [-0.25, -0.2) is 15.2 Å². The predicted molar refractivity (Wildman–Crippen MR) is 444 cm³/mol. The van der Waals surface area contributed by atoms with Crippen LogP contribution in [0.2, 0.25) is 0 Å². The van der Waals surface area contributed by atoms with Crippen LogP contribution in [-0.4, -0.2) is 150 Å². The number of hydroxylamine groups is 6. The first-order chi connectivity index (χ1) is 52.4. The van der Waals surface area contributed by atoms with Crippen LogP contribution in [-0.2, 0) is 33.4 Å². The first-order valence-electron chi connectivity index (χ1n) is 41.2. The van der Waals surface area contributed by atoms with Crippen LogP contribution in [0.3, 0.4) is 0 Å². The molecule has 0 saturated carbocycles. The van der Waals surface area contributed by atoms with E-state index in [1.807, 2.05) is 0 Å². The molecule has 17 heteroatoms. The minimum atomic E-state index is -1.76. The van der Waals surface area contributed by atoms with Gasteiger partial charge in [-0.3, -0.25) is 39.6 Å². The maximum absolute atomic E-state index is 12.8. The summed E-state index contributed by atoms with van der Waals surface area (Å²) in [6, 6.07) is 67.5. The van der Waals surface area contributed by atoms with Crippen molar-refractivity contribution in [2.24, 2.45) is 0 Å². The van der Waals surface area contributed by atoms with Crippen LogP contribution >= 0.6 is 14.5 Å². The molecule has 0 aliphatic carbocycles. The molecule has 0 spiro atoms. The summed E-state index contributed by atoms with van der Waals surface area (Å²) in [4.78, 5) is 63.6. The monoisotopic (exact) mass is 1510 g/mol. The third-order valence-corrected chi connectivity index (χ3v) is 29.7. The van der Waals surface area contributed by atoms with Crippen LogP contribution in [0.15, 0.2) is 182 Å². The molecule has 0 aliphatic rings. The summed E-state index contributed by atoms with van der Waals surface area (Å²) in [7, 11) is -3.53. The Labute approximate surface area is 644 Å². The summed E-state index contributed by atoms with van der Waals surface area (Å²) in [5, 5.41) is 43.9. The summed E-state index contributed by atoms with van der Waals surface area (Å²) in [5.74, 6) is -1.71. The highest BCUT2D eigenvalue weighted by Gasteiger charge is 2.46. The van der Waals surface area contributed by atoms with Crippen LogP contribution in [0.5, 0.6) is 0 Å². The van der Waals surface area contributed by atoms with Crippen molar-refractivity contribution in [3.8, 4) is 0 Å². The first-order valence-corrected chi connectivity index (χ1v) is 45.1. The molecule has 15 nitrogen and oxygen atoms in total. The Morgan fingerprint density at radius 3 is 0.935 bits per heavy atom. The smallest absolute Gasteiger partial charge is 0.246 e. The van der Waals surface area contributed by atoms with E-state index in [1.54, 1.807) is 0 Å². The second-order valence-corrected chi connectivity index (χ2v) is 36.3. The highest BCUT2D eigenvalue weighted by atomic mass is 31.2. The van der Waals surface area contributed by atoms with Crippen LogP contribution in [0, 0.1) is 0 Å². The molecule has 4 amide bonds. The fourth-order valence-corrected chi connectivity index (χ4v) is 23.3. The van der Waals surface area contributed by atoms with Crippen molar-refractivity contribution < 1.29 is 49.1 Å². The van der Waals surface area contributed by atoms with E-state index < -0.39 is 32.2 Å². The number of rotatable bonds is 63. The van der Waals surface area contributed by atoms with E-state index in [9.17, 15) is 39.6 Å². The molecule has 6 aromatic carbocycles. The van der Waals surface area contributed by atoms with Crippen molar-refractivity contribution in [2.75, 3.05) is 84.6 Å². The lowest BCUT2D eigenvalue weighted by molar-refractivity contribution is -0.166. The van der Waals surface area contributed by atoms with Crippen LogP contribution in [0.4, 0.5) is 0 Å². The zero-order chi connectivity index (χ0) is 75.9. The SMILES string of the molecule is CC(=O)N(O)CCCCCCC(=O)CCC(=O)N(O)CCCCCNC(=O)CCC(=O)N(O)CCCCCN(CCCCOCCCCCCCCCC[P+](c1ccccc1)(c1ccccc1)c1ccccc1)CCCCOCCCCCCCCCC[P+](c1ccccc1)(c1ccccc1)c1ccccc1. The molecule has 0 bridgehead atoms. The van der Waals surface area contributed by atoms with Gasteiger partial charge < -0.3 is 19.7 Å². The molecule has 586 valence electrons. The largest absolute Gasteiger partial charge is 0.381 e. The van der Waals surface area contributed by atoms with Gasteiger partial charge in [0.05, 0.1) is 12.3 Å². The molecule has 0 aliphatic heterocycles. The number of amides is 4. The molecule has 0 saturated heterocycles. The Kier molecular flexibility index (Phi) is 46.6. The molecule has 0 unspecified atom stereocenters. The molecular formula is C90H133N5O10P2+2. The van der Waals surface area contributed by atoms with Crippen LogP contribution in [0.25, 0.3) is 0 Å². The second kappa shape index (κ2) is 55.8. The highest BCUT2D eigenvalue weighted by molar-refractivity contribution is 7.96. The number of hydrogen-bond donors (Lipinski definition) is 4. The van der Waals surface area contributed by atoms with Gasteiger partial charge in [-0.15, -0.1) is 0 Å². The van der Waals surface area contributed by atoms with Gasteiger partial charge in [0.25, 0.3) is 0 Å². The van der Waals surface area contributed by atoms with Gasteiger partial charge in [0, 0.05) is 91.6 Å². The number of nitrogens with zero attached hydrogens (tertiary/aromatic N) is 4. The molecule has 0 heterocycles. The third kappa shape index (κ3) is 35.4. The number of benzene rings is 6. The van der Waals surface area contributed by atoms with Gasteiger partial charge in [0.15, 0.2) is 0 Å². The standard InChI is InChI=1S/C90H132N5O10P2/c1-80(96)93(101)71-39-11-10-24-50-81(97)63-65-89(99)94(102)72-40-22-37-67-91-88(98)64-66-90(100)95(103)73-41-23-38-68-92(69-42-46-76-104-74-44-12-6-2-4-8-14-48-78-106(82-51-25-16-26-52-82,83-53-27-17-28-54-83)84-55-29-18-30-56-84)70-43-47-77-105-75-45-13-7-3-5-9-15-49-79-107(85-57-31-19-32-58-85,86-59-33-20-34-60-86)87-61-35-21-36-62-87/h16-21,25-36,51-62,101-103H,2-15,22-24,37-50,63-79H2,1H3/q+1/p+1. The second-order valence-electron chi connectivity index (χ2n) is 29.1. The van der Waals surface area contributed by atoms with Crippen molar-refractivity contribution >= 4 is 75.8 Å². The summed E-state index contributed by atoms with van der Waals surface area (Å²) in [5.41, 5.74) is 0. The van der Waals surface area contributed by atoms with Crippen molar-refractivity contribution in [1.29, 1.82) is 0 Å². The number of Topliss-reactive ketones (excluding diaryl/α,β-unsaturated/α-hetero) is 1. The Morgan fingerprint density at radius 1 is 0.299 bits per heavy atom. The minimum Gasteiger partial charge on any atom is -0.381 e. The lowest BCUT2D eigenvalue weighted by Crippen LogP contribution is -2.33. The van der Waals surface area contributed by atoms with Gasteiger partial charge in [-0.2, -0.15) is 0 Å². The number of carbonyl (C=O) groups excluding carboxylic acids is 5. The lowest BCUT2D eigenvalue weighted by Gasteiger charge is -2.27. The number of hydrogen-bond acceptors (Lipinski definition) is 11. The molecule has 4 N–H and O–H groups in total. The zero-order valence-electron chi connectivity index (χ0n) is 65.1. The van der Waals surface area contributed by atoms with Gasteiger partial charge in [0.2, 0.25) is 23.6 Å². The Bertz CT molecular complexity index is 2920. The van der Waals surface area contributed by atoms with E-state index in [0.29, 0.717) is 61.6 Å². The number of unbranched alkanes of at least 4 members (excludes halogenated alkanes) is 23. The van der Waals surface area contributed by atoms with Gasteiger partial charge in [-0.1, -0.05) is 193 Å². The van der Waals surface area contributed by atoms with Crippen molar-refractivity contribution in [2.45, 2.75) is 232 Å². The zero-order valence-corrected chi connectivity index (χ0v) is 66.9. The summed E-state index contributed by atoms with van der Waals surface area (Å²) in [6.07, 6.45) is 33.8. The molecule has 6 aromatic rings. The highest BCUT2D eigenvalue weighted by Crippen LogP contribution is 2.57. The van der Waals surface area contributed by atoms with Crippen molar-refractivity contribution in [1.82, 2.24) is 25.4 Å². The summed E-state index contributed by atoms with van der Waals surface area (Å²) < 4.78 is 12.3. The van der Waals surface area contributed by atoms with E-state index in [1.165, 1.54) is 141 Å². The van der Waals surface area contributed by atoms with E-state index in [0.717, 1.165) is 115 Å². The summed E-state index contributed by atoms with van der Waals surface area (Å²) >= 11 is 0. The molecule has 0 aromatic heterocycles. The van der Waals surface area contributed by atoms with Crippen molar-refractivity contribution in [3.63, 3.8) is 0 Å². The Hall–Kier alpha value is -6.51. The van der Waals surface area contributed by atoms with Gasteiger partial charge in [0.1, 0.15) is 52.1 Å². The van der Waals surface area contributed by atoms with Gasteiger partial charge >= 0.3 is 0 Å². The predicted octanol–water partition coefficient (Wildman–Crippen LogP) is 17.3. The average Bonchev–Trinajstić information content (AvgIpc) is 0.767. The average molecular weight is 1510 g/mol. The van der Waals surface area contributed by atoms with Crippen LogP contribution in [0.1, 0.15) is 232 Å². The summed E-state index contributed by atoms with van der Waals surface area (Å²) in [6.45, 7) is 8.48. The lowest BCUT2D eigenvalue weighted by atomic mass is 10.1. The van der Waals surface area contributed by atoms with E-state index in [-0.39, 0.29) is 57.0 Å².